The minimum Gasteiger partial charge on any atom is -0.508 e. The number of aliphatic hydroxyl groups excluding tert-OH is 5. The molecule has 39 heavy (non-hydrogen) atoms. The van der Waals surface area contributed by atoms with Crippen molar-refractivity contribution in [2.75, 3.05) is 19.8 Å². The molecule has 0 amide bonds. The first-order valence-corrected chi connectivity index (χ1v) is 12.3. The lowest BCUT2D eigenvalue weighted by Gasteiger charge is -2.42. The number of carbonyl (C=O) groups is 1. The molecule has 2 saturated heterocycles. The first-order chi connectivity index (χ1) is 18.6. The van der Waals surface area contributed by atoms with Crippen LogP contribution in [0.2, 0.25) is 0 Å². The van der Waals surface area contributed by atoms with Crippen LogP contribution in [0.1, 0.15) is 28.4 Å². The Bertz CT molecular complexity index is 1170. The van der Waals surface area contributed by atoms with E-state index in [1.165, 1.54) is 30.3 Å². The van der Waals surface area contributed by atoms with E-state index in [2.05, 4.69) is 0 Å². The second-order valence-corrected chi connectivity index (χ2v) is 9.79. The van der Waals surface area contributed by atoms with Crippen LogP contribution in [0, 0.1) is 0 Å². The number of aliphatic hydroxyl groups is 6. The zero-order valence-corrected chi connectivity index (χ0v) is 20.6. The van der Waals surface area contributed by atoms with Gasteiger partial charge in [-0.1, -0.05) is 12.1 Å². The molecule has 9 atom stereocenters. The van der Waals surface area contributed by atoms with Gasteiger partial charge in [-0.05, 0) is 29.8 Å². The molecule has 212 valence electrons. The molecular weight excluding hydrogens is 520 g/mol. The van der Waals surface area contributed by atoms with E-state index in [9.17, 15) is 40.5 Å². The van der Waals surface area contributed by atoms with Gasteiger partial charge in [0.15, 0.2) is 18.2 Å². The Kier molecular flexibility index (Phi) is 7.79. The lowest BCUT2D eigenvalue weighted by Crippen LogP contribution is -2.62. The number of ether oxygens (including phenoxy) is 5. The molecule has 3 aliphatic rings. The number of phenols is 1. The number of aromatic hydroxyl groups is 1. The largest absolute Gasteiger partial charge is 0.508 e. The van der Waals surface area contributed by atoms with E-state index in [1.807, 2.05) is 0 Å². The van der Waals surface area contributed by atoms with Gasteiger partial charge in [-0.15, -0.1) is 0 Å². The third-order valence-corrected chi connectivity index (χ3v) is 7.11. The summed E-state index contributed by atoms with van der Waals surface area (Å²) in [6.07, 6.45) is -11.2. The second kappa shape index (κ2) is 11.0. The van der Waals surface area contributed by atoms with Gasteiger partial charge in [-0.3, -0.25) is 4.79 Å². The summed E-state index contributed by atoms with van der Waals surface area (Å²) in [7, 11) is 0. The van der Waals surface area contributed by atoms with Crippen molar-refractivity contribution >= 4 is 5.78 Å². The van der Waals surface area contributed by atoms with Crippen molar-refractivity contribution in [3.8, 4) is 17.2 Å². The molecule has 0 spiro atoms. The number of phenolic OH excluding ortho intramolecular Hbond substituents is 1. The average molecular weight is 551 g/mol. The highest BCUT2D eigenvalue weighted by molar-refractivity contribution is 6.00. The van der Waals surface area contributed by atoms with Crippen LogP contribution in [0.25, 0.3) is 0 Å². The van der Waals surface area contributed by atoms with E-state index < -0.39 is 74.6 Å². The molecule has 13 nitrogen and oxygen atoms in total. The first kappa shape index (κ1) is 27.7. The number of fused-ring (bicyclic) bond motifs is 1. The Morgan fingerprint density at radius 1 is 1.00 bits per heavy atom. The van der Waals surface area contributed by atoms with Gasteiger partial charge in [0.05, 0.1) is 31.8 Å². The predicted molar refractivity (Wildman–Crippen MR) is 128 cm³/mol. The fourth-order valence-corrected chi connectivity index (χ4v) is 4.75. The van der Waals surface area contributed by atoms with Crippen molar-refractivity contribution in [2.45, 2.75) is 61.2 Å². The zero-order chi connectivity index (χ0) is 27.9. The molecule has 2 fully saturated rings. The van der Waals surface area contributed by atoms with Crippen molar-refractivity contribution < 1.29 is 64.2 Å². The Labute approximate surface area is 222 Å². The van der Waals surface area contributed by atoms with Crippen LogP contribution in [-0.4, -0.2) is 110 Å². The summed E-state index contributed by atoms with van der Waals surface area (Å²) in [6, 6.07) is 10.7. The molecule has 13 heteroatoms. The number of hydrogen-bond acceptors (Lipinski definition) is 13. The molecular formula is C26H30O13. The van der Waals surface area contributed by atoms with E-state index in [0.717, 1.165) is 0 Å². The van der Waals surface area contributed by atoms with Gasteiger partial charge in [0.1, 0.15) is 53.4 Å². The smallest absolute Gasteiger partial charge is 0.229 e. The summed E-state index contributed by atoms with van der Waals surface area (Å²) in [5.74, 6) is 0.258. The summed E-state index contributed by atoms with van der Waals surface area (Å²) in [5, 5.41) is 70.3. The van der Waals surface area contributed by atoms with Gasteiger partial charge in [0, 0.05) is 6.07 Å². The van der Waals surface area contributed by atoms with E-state index in [0.29, 0.717) is 11.1 Å². The van der Waals surface area contributed by atoms with Crippen LogP contribution in [0.3, 0.4) is 0 Å². The van der Waals surface area contributed by atoms with E-state index in [4.69, 9.17) is 23.7 Å². The standard InChI is InChI=1S/C26H30O13/c27-9-19-20(31)21(32)22(39-25-23(33)26(34,10-28)11-35-25)24(38-19)36-14-5-6-15-16(30)8-17(37-18(15)7-14)12-1-3-13(29)4-2-12/h1-7,17,19-25,27-29,31-34H,8-11H2/t17?,19-,20-,21+,22-,23+,24-,25+,26-/m1/s1. The van der Waals surface area contributed by atoms with E-state index >= 15 is 0 Å². The van der Waals surface area contributed by atoms with Gasteiger partial charge < -0.3 is 59.4 Å². The molecule has 3 heterocycles. The van der Waals surface area contributed by atoms with Crippen molar-refractivity contribution in [2.24, 2.45) is 0 Å². The molecule has 5 rings (SSSR count). The summed E-state index contributed by atoms with van der Waals surface area (Å²) in [6.45, 7) is -1.93. The normalized spacial score (nSPS) is 36.3. The lowest BCUT2D eigenvalue weighted by molar-refractivity contribution is -0.318. The van der Waals surface area contributed by atoms with Gasteiger partial charge >= 0.3 is 0 Å². The topological polar surface area (TPSA) is 205 Å². The fourth-order valence-electron chi connectivity index (χ4n) is 4.75. The van der Waals surface area contributed by atoms with E-state index in [1.54, 1.807) is 12.1 Å². The molecule has 2 aromatic carbocycles. The van der Waals surface area contributed by atoms with Crippen LogP contribution >= 0.6 is 0 Å². The predicted octanol–water partition coefficient (Wildman–Crippen LogP) is -1.26. The van der Waals surface area contributed by atoms with Crippen molar-refractivity contribution in [1.29, 1.82) is 0 Å². The van der Waals surface area contributed by atoms with Crippen LogP contribution in [0.15, 0.2) is 42.5 Å². The molecule has 0 bridgehead atoms. The second-order valence-electron chi connectivity index (χ2n) is 9.79. The third kappa shape index (κ3) is 5.33. The van der Waals surface area contributed by atoms with E-state index in [-0.39, 0.29) is 29.5 Å². The molecule has 0 radical (unpaired) electrons. The first-order valence-electron chi connectivity index (χ1n) is 12.3. The number of carbonyl (C=O) groups excluding carboxylic acids is 1. The molecule has 0 aromatic heterocycles. The van der Waals surface area contributed by atoms with Crippen LogP contribution in [0.5, 0.6) is 17.2 Å². The maximum absolute atomic E-state index is 12.8. The Morgan fingerprint density at radius 2 is 1.74 bits per heavy atom. The Hall–Kier alpha value is -2.85. The monoisotopic (exact) mass is 550 g/mol. The lowest BCUT2D eigenvalue weighted by atomic mass is 9.96. The zero-order valence-electron chi connectivity index (χ0n) is 20.6. The van der Waals surface area contributed by atoms with Crippen molar-refractivity contribution in [3.63, 3.8) is 0 Å². The van der Waals surface area contributed by atoms with Crippen molar-refractivity contribution in [1.82, 2.24) is 0 Å². The summed E-state index contributed by atoms with van der Waals surface area (Å²) >= 11 is 0. The SMILES string of the molecule is O=C1CC(c2ccc(O)cc2)Oc2cc(O[C@@H]3O[C@H](CO)[C@@H](O)[C@H](O)[C@H]3O[C@@H]3OC[C@](O)(CO)[C@H]3O)ccc21. The third-order valence-electron chi connectivity index (χ3n) is 7.11. The molecule has 0 aliphatic carbocycles. The maximum Gasteiger partial charge on any atom is 0.229 e. The average Bonchev–Trinajstić information content (AvgIpc) is 3.22. The van der Waals surface area contributed by atoms with Gasteiger partial charge in [0.25, 0.3) is 0 Å². The number of ketones is 1. The molecule has 2 aromatic rings. The molecule has 0 saturated carbocycles. The van der Waals surface area contributed by atoms with Crippen LogP contribution in [-0.2, 0) is 14.2 Å². The maximum atomic E-state index is 12.8. The minimum absolute atomic E-state index is 0.0753. The molecule has 7 N–H and O–H groups in total. The summed E-state index contributed by atoms with van der Waals surface area (Å²) in [5.41, 5.74) is -0.989. The van der Waals surface area contributed by atoms with Gasteiger partial charge in [0.2, 0.25) is 6.29 Å². The Balaban J connectivity index is 1.37. The van der Waals surface area contributed by atoms with Gasteiger partial charge in [-0.25, -0.2) is 0 Å². The van der Waals surface area contributed by atoms with Gasteiger partial charge in [-0.2, -0.15) is 0 Å². The highest BCUT2D eigenvalue weighted by atomic mass is 16.8. The quantitative estimate of drug-likeness (QED) is 0.215. The summed E-state index contributed by atoms with van der Waals surface area (Å²) in [4.78, 5) is 12.8. The number of Topliss-reactive ketones (excluding diaryl/α,β-unsaturated/α-hetero) is 1. The van der Waals surface area contributed by atoms with Crippen LogP contribution in [0.4, 0.5) is 0 Å². The highest BCUT2D eigenvalue weighted by Crippen LogP contribution is 2.38. The number of benzene rings is 2. The molecule has 1 unspecified atom stereocenters. The Morgan fingerprint density at radius 3 is 2.41 bits per heavy atom. The summed E-state index contributed by atoms with van der Waals surface area (Å²) < 4.78 is 28.5. The highest BCUT2D eigenvalue weighted by Gasteiger charge is 2.53. The van der Waals surface area contributed by atoms with Crippen molar-refractivity contribution in [3.05, 3.63) is 53.6 Å². The number of rotatable bonds is 7. The number of hydrogen-bond donors (Lipinski definition) is 7. The minimum atomic E-state index is -2.00. The fraction of sp³-hybridized carbons (Fsp3) is 0.500. The molecule has 3 aliphatic heterocycles. The van der Waals surface area contributed by atoms with Crippen LogP contribution < -0.4 is 9.47 Å².